The van der Waals surface area contributed by atoms with Gasteiger partial charge in [-0.25, -0.2) is 4.79 Å². The number of hydrogen-bond acceptors (Lipinski definition) is 3. The average Bonchev–Trinajstić information content (AvgIpc) is 2.30. The highest BCUT2D eigenvalue weighted by atomic mass is 16.2. The summed E-state index contributed by atoms with van der Waals surface area (Å²) in [6.07, 6.45) is 9.13. The molecular formula is C13H17N3O2. The van der Waals surface area contributed by atoms with Gasteiger partial charge in [0.1, 0.15) is 11.6 Å². The van der Waals surface area contributed by atoms with Crippen LogP contribution in [0.4, 0.5) is 0 Å². The summed E-state index contributed by atoms with van der Waals surface area (Å²) in [7, 11) is 0. The fourth-order valence-corrected chi connectivity index (χ4v) is 2.55. The largest absolute Gasteiger partial charge is 0.328 e. The van der Waals surface area contributed by atoms with Crippen LogP contribution in [0, 0.1) is 11.3 Å². The summed E-state index contributed by atoms with van der Waals surface area (Å²) in [4.78, 5) is 25.4. The van der Waals surface area contributed by atoms with E-state index >= 15 is 0 Å². The van der Waals surface area contributed by atoms with Crippen molar-refractivity contribution in [2.75, 3.05) is 0 Å². The molecule has 0 radical (unpaired) electrons. The summed E-state index contributed by atoms with van der Waals surface area (Å²) in [5, 5.41) is 8.85. The zero-order valence-electron chi connectivity index (χ0n) is 10.3. The van der Waals surface area contributed by atoms with E-state index in [4.69, 9.17) is 5.26 Å². The fraction of sp³-hybridized carbons (Fsp3) is 0.615. The lowest BCUT2D eigenvalue weighted by Gasteiger charge is -2.21. The Morgan fingerprint density at radius 1 is 1.17 bits per heavy atom. The summed E-state index contributed by atoms with van der Waals surface area (Å²) in [6.45, 7) is 0. The number of rotatable bonds is 1. The maximum atomic E-state index is 11.8. The smallest absolute Gasteiger partial charge is 0.296 e. The number of nitrogens with one attached hydrogen (secondary N) is 1. The van der Waals surface area contributed by atoms with E-state index in [1.54, 1.807) is 0 Å². The third-order valence-electron chi connectivity index (χ3n) is 3.56. The van der Waals surface area contributed by atoms with Crippen molar-refractivity contribution in [1.82, 2.24) is 9.55 Å². The van der Waals surface area contributed by atoms with Crippen molar-refractivity contribution in [3.8, 4) is 6.07 Å². The van der Waals surface area contributed by atoms with E-state index in [0.717, 1.165) is 25.7 Å². The number of nitrogens with zero attached hydrogens (tertiary/aromatic N) is 2. The summed E-state index contributed by atoms with van der Waals surface area (Å²) in [5.74, 6) is 0. The van der Waals surface area contributed by atoms with Crippen molar-refractivity contribution in [2.24, 2.45) is 0 Å². The van der Waals surface area contributed by atoms with Crippen molar-refractivity contribution in [1.29, 1.82) is 5.26 Å². The maximum absolute atomic E-state index is 11.8. The van der Waals surface area contributed by atoms with Crippen LogP contribution in [0.25, 0.3) is 0 Å². The molecule has 1 aromatic heterocycles. The van der Waals surface area contributed by atoms with Gasteiger partial charge in [-0.1, -0.05) is 32.1 Å². The Kier molecular flexibility index (Phi) is 3.98. The highest BCUT2D eigenvalue weighted by molar-refractivity contribution is 5.21. The van der Waals surface area contributed by atoms with E-state index < -0.39 is 11.2 Å². The van der Waals surface area contributed by atoms with Crippen LogP contribution in [0.15, 0.2) is 15.8 Å². The molecule has 1 aliphatic carbocycles. The molecule has 0 aliphatic heterocycles. The van der Waals surface area contributed by atoms with Crippen LogP contribution in [0.3, 0.4) is 0 Å². The van der Waals surface area contributed by atoms with E-state index in [1.807, 2.05) is 6.07 Å². The minimum atomic E-state index is -0.593. The van der Waals surface area contributed by atoms with Gasteiger partial charge in [-0.2, -0.15) is 5.26 Å². The highest BCUT2D eigenvalue weighted by Gasteiger charge is 2.16. The predicted octanol–water partition coefficient (Wildman–Crippen LogP) is 1.69. The van der Waals surface area contributed by atoms with Crippen molar-refractivity contribution in [3.63, 3.8) is 0 Å². The Labute approximate surface area is 105 Å². The lowest BCUT2D eigenvalue weighted by molar-refractivity contribution is 0.360. The molecule has 0 aromatic carbocycles. The quantitative estimate of drug-likeness (QED) is 0.820. The average molecular weight is 247 g/mol. The van der Waals surface area contributed by atoms with Crippen LogP contribution in [0.5, 0.6) is 0 Å². The minimum Gasteiger partial charge on any atom is -0.296 e. The first-order valence-corrected chi connectivity index (χ1v) is 6.48. The Morgan fingerprint density at radius 3 is 2.39 bits per heavy atom. The second-order valence-electron chi connectivity index (χ2n) is 4.82. The number of hydrogen-bond donors (Lipinski definition) is 1. The van der Waals surface area contributed by atoms with Gasteiger partial charge >= 0.3 is 5.69 Å². The van der Waals surface area contributed by atoms with E-state index in [0.29, 0.717) is 0 Å². The molecule has 1 N–H and O–H groups in total. The van der Waals surface area contributed by atoms with Gasteiger partial charge < -0.3 is 0 Å². The van der Waals surface area contributed by atoms with E-state index in [2.05, 4.69) is 4.98 Å². The highest BCUT2D eigenvalue weighted by Crippen LogP contribution is 2.24. The second kappa shape index (κ2) is 5.67. The number of aromatic nitrogens is 2. The lowest BCUT2D eigenvalue weighted by Crippen LogP contribution is -2.33. The van der Waals surface area contributed by atoms with Crippen LogP contribution >= 0.6 is 0 Å². The van der Waals surface area contributed by atoms with Gasteiger partial charge in [-0.05, 0) is 12.8 Å². The Hall–Kier alpha value is -1.83. The molecule has 2 rings (SSSR count). The monoisotopic (exact) mass is 247 g/mol. The van der Waals surface area contributed by atoms with Gasteiger partial charge in [0.2, 0.25) is 0 Å². The molecule has 1 fully saturated rings. The van der Waals surface area contributed by atoms with Crippen LogP contribution < -0.4 is 11.2 Å². The first kappa shape index (κ1) is 12.6. The molecule has 1 aliphatic rings. The van der Waals surface area contributed by atoms with Crippen LogP contribution in [-0.2, 0) is 0 Å². The molecule has 0 amide bonds. The zero-order valence-corrected chi connectivity index (χ0v) is 10.3. The molecule has 5 nitrogen and oxygen atoms in total. The molecule has 1 heterocycles. The summed E-state index contributed by atoms with van der Waals surface area (Å²) < 4.78 is 1.53. The topological polar surface area (TPSA) is 78.7 Å². The molecule has 0 spiro atoms. The standard InChI is InChI=1S/C13H17N3O2/c14-8-10-9-16(13(18)15-12(10)17)11-6-4-2-1-3-5-7-11/h9,11H,1-7H2,(H,15,17,18). The Morgan fingerprint density at radius 2 is 1.78 bits per heavy atom. The SMILES string of the molecule is N#Cc1cn(C2CCCCCCC2)c(=O)[nH]c1=O. The molecular weight excluding hydrogens is 230 g/mol. The molecule has 0 atom stereocenters. The van der Waals surface area contributed by atoms with Crippen molar-refractivity contribution in [3.05, 3.63) is 32.6 Å². The summed E-state index contributed by atoms with van der Waals surface area (Å²) in [6, 6.07) is 1.94. The van der Waals surface area contributed by atoms with Gasteiger partial charge in [0, 0.05) is 12.2 Å². The number of aromatic amines is 1. The molecule has 18 heavy (non-hydrogen) atoms. The van der Waals surface area contributed by atoms with Crippen LogP contribution in [0.2, 0.25) is 0 Å². The molecule has 5 heteroatoms. The van der Waals surface area contributed by atoms with Gasteiger partial charge in [-0.15, -0.1) is 0 Å². The van der Waals surface area contributed by atoms with Gasteiger partial charge in [0.15, 0.2) is 0 Å². The first-order valence-electron chi connectivity index (χ1n) is 6.48. The van der Waals surface area contributed by atoms with E-state index in [1.165, 1.54) is 30.0 Å². The third-order valence-corrected chi connectivity index (χ3v) is 3.56. The van der Waals surface area contributed by atoms with Gasteiger partial charge in [-0.3, -0.25) is 14.3 Å². The van der Waals surface area contributed by atoms with Crippen molar-refractivity contribution in [2.45, 2.75) is 51.0 Å². The molecule has 1 saturated carbocycles. The predicted molar refractivity (Wildman–Crippen MR) is 67.4 cm³/mol. The van der Waals surface area contributed by atoms with Crippen LogP contribution in [-0.4, -0.2) is 9.55 Å². The summed E-state index contributed by atoms with van der Waals surface area (Å²) >= 11 is 0. The van der Waals surface area contributed by atoms with Gasteiger partial charge in [0.25, 0.3) is 5.56 Å². The lowest BCUT2D eigenvalue weighted by atomic mass is 9.96. The first-order chi connectivity index (χ1) is 8.72. The van der Waals surface area contributed by atoms with Crippen LogP contribution in [0.1, 0.15) is 56.6 Å². The van der Waals surface area contributed by atoms with E-state index in [-0.39, 0.29) is 11.6 Å². The Bertz CT molecular complexity index is 557. The molecule has 1 aromatic rings. The van der Waals surface area contributed by atoms with Crippen molar-refractivity contribution >= 4 is 0 Å². The normalized spacial score (nSPS) is 17.7. The minimum absolute atomic E-state index is 0.0108. The molecule has 0 unspecified atom stereocenters. The third kappa shape index (κ3) is 2.70. The molecule has 96 valence electrons. The number of H-pyrrole nitrogens is 1. The second-order valence-corrected chi connectivity index (χ2v) is 4.82. The Balaban J connectivity index is 2.34. The molecule has 0 saturated heterocycles. The zero-order chi connectivity index (χ0) is 13.0. The number of nitriles is 1. The fourth-order valence-electron chi connectivity index (χ4n) is 2.55. The summed E-state index contributed by atoms with van der Waals surface area (Å²) in [5.41, 5.74) is -0.981. The maximum Gasteiger partial charge on any atom is 0.328 e. The van der Waals surface area contributed by atoms with E-state index in [9.17, 15) is 9.59 Å². The molecule has 0 bridgehead atoms. The van der Waals surface area contributed by atoms with Crippen molar-refractivity contribution < 1.29 is 0 Å². The van der Waals surface area contributed by atoms with Gasteiger partial charge in [0.05, 0.1) is 0 Å².